The van der Waals surface area contributed by atoms with Crippen molar-refractivity contribution in [3.05, 3.63) is 0 Å². The zero-order chi connectivity index (χ0) is 19.0. The molecule has 1 atom stereocenters. The molecule has 0 aromatic heterocycles. The lowest BCUT2D eigenvalue weighted by Crippen LogP contribution is -2.42. The molecule has 1 unspecified atom stereocenters. The van der Waals surface area contributed by atoms with Gasteiger partial charge in [-0.15, -0.1) is 24.0 Å². The number of nitrogens with one attached hydrogen (secondary N) is 1. The summed E-state index contributed by atoms with van der Waals surface area (Å²) in [4.78, 5) is 21.0. The monoisotopic (exact) mass is 493 g/mol. The lowest BCUT2D eigenvalue weighted by Gasteiger charge is -2.26. The van der Waals surface area contributed by atoms with E-state index in [0.717, 1.165) is 13.0 Å². The largest absolute Gasteiger partial charge is 0.401 e. The maximum Gasteiger partial charge on any atom is 0.401 e. The van der Waals surface area contributed by atoms with Gasteiger partial charge < -0.3 is 15.1 Å². The first-order valence-corrected chi connectivity index (χ1v) is 8.68. The minimum atomic E-state index is -4.17. The molecule has 1 N–H and O–H groups in total. The van der Waals surface area contributed by atoms with E-state index in [1.54, 1.807) is 21.0 Å². The van der Waals surface area contributed by atoms with E-state index in [0.29, 0.717) is 32.1 Å². The molecule has 0 aromatic carbocycles. The van der Waals surface area contributed by atoms with Crippen molar-refractivity contribution in [1.29, 1.82) is 0 Å². The summed E-state index contributed by atoms with van der Waals surface area (Å²) >= 11 is 0. The van der Waals surface area contributed by atoms with E-state index in [9.17, 15) is 18.0 Å². The van der Waals surface area contributed by atoms with Crippen LogP contribution in [0.1, 0.15) is 20.3 Å². The fourth-order valence-corrected chi connectivity index (χ4v) is 2.81. The average molecular weight is 493 g/mol. The second-order valence-corrected chi connectivity index (χ2v) is 6.50. The van der Waals surface area contributed by atoms with Crippen molar-refractivity contribution in [3.63, 3.8) is 0 Å². The number of rotatable bonds is 7. The first-order valence-electron chi connectivity index (χ1n) is 8.68. The second kappa shape index (κ2) is 11.8. The Balaban J connectivity index is 0.00000625. The number of likely N-dealkylation sites (N-methyl/N-ethyl adjacent to an activating group) is 1. The Morgan fingerprint density at radius 3 is 2.46 bits per heavy atom. The highest BCUT2D eigenvalue weighted by Gasteiger charge is 2.33. The third kappa shape index (κ3) is 9.24. The van der Waals surface area contributed by atoms with Crippen molar-refractivity contribution in [2.75, 3.05) is 59.9 Å². The number of likely N-dealkylation sites (tertiary alicyclic amines) is 1. The fourth-order valence-electron chi connectivity index (χ4n) is 2.81. The van der Waals surface area contributed by atoms with Crippen molar-refractivity contribution < 1.29 is 18.0 Å². The molecule has 0 aliphatic carbocycles. The summed E-state index contributed by atoms with van der Waals surface area (Å²) in [6, 6.07) is 0. The minimum absolute atomic E-state index is 0. The molecule has 1 aliphatic heterocycles. The Labute approximate surface area is 171 Å². The molecular formula is C16H31F3IN5O. The normalized spacial score (nSPS) is 18.1. The molecule has 26 heavy (non-hydrogen) atoms. The summed E-state index contributed by atoms with van der Waals surface area (Å²) in [5.74, 6) is 0.725. The van der Waals surface area contributed by atoms with Crippen LogP contribution in [0.4, 0.5) is 13.2 Å². The van der Waals surface area contributed by atoms with Crippen molar-refractivity contribution in [1.82, 2.24) is 20.0 Å². The van der Waals surface area contributed by atoms with Crippen LogP contribution in [0.5, 0.6) is 0 Å². The van der Waals surface area contributed by atoms with Crippen LogP contribution in [0.3, 0.4) is 0 Å². The number of aliphatic imine (C=N–C) groups is 1. The molecular weight excluding hydrogens is 462 g/mol. The van der Waals surface area contributed by atoms with Crippen molar-refractivity contribution in [3.8, 4) is 0 Å². The zero-order valence-electron chi connectivity index (χ0n) is 16.0. The van der Waals surface area contributed by atoms with Crippen molar-refractivity contribution in [2.45, 2.75) is 26.4 Å². The molecule has 0 spiro atoms. The smallest absolute Gasteiger partial charge is 0.357 e. The van der Waals surface area contributed by atoms with E-state index >= 15 is 0 Å². The van der Waals surface area contributed by atoms with E-state index in [4.69, 9.17) is 0 Å². The molecule has 0 saturated carbocycles. The van der Waals surface area contributed by atoms with E-state index in [1.165, 1.54) is 9.80 Å². The predicted octanol–water partition coefficient (Wildman–Crippen LogP) is 1.86. The van der Waals surface area contributed by atoms with Gasteiger partial charge in [-0.1, -0.05) is 6.92 Å². The number of amides is 1. The molecule has 6 nitrogen and oxygen atoms in total. The molecule has 0 radical (unpaired) electrons. The summed E-state index contributed by atoms with van der Waals surface area (Å²) in [7, 11) is 3.35. The molecule has 1 fully saturated rings. The Hall–Kier alpha value is -0.780. The van der Waals surface area contributed by atoms with Crippen LogP contribution in [-0.4, -0.2) is 92.7 Å². The van der Waals surface area contributed by atoms with Crippen LogP contribution in [0.25, 0.3) is 0 Å². The van der Waals surface area contributed by atoms with Crippen molar-refractivity contribution in [2.24, 2.45) is 10.9 Å². The van der Waals surface area contributed by atoms with Crippen LogP contribution < -0.4 is 5.32 Å². The van der Waals surface area contributed by atoms with Crippen LogP contribution in [0.15, 0.2) is 4.99 Å². The Morgan fingerprint density at radius 1 is 1.31 bits per heavy atom. The molecule has 10 heteroatoms. The maximum absolute atomic E-state index is 12.6. The van der Waals surface area contributed by atoms with Crippen LogP contribution in [-0.2, 0) is 4.79 Å². The molecule has 154 valence electrons. The van der Waals surface area contributed by atoms with Gasteiger partial charge in [-0.05, 0) is 25.8 Å². The molecule has 1 aliphatic rings. The highest BCUT2D eigenvalue weighted by molar-refractivity contribution is 14.0. The number of nitrogens with zero attached hydrogens (tertiary/aromatic N) is 4. The fraction of sp³-hybridized carbons (Fsp3) is 0.875. The number of carbonyl (C=O) groups is 1. The highest BCUT2D eigenvalue weighted by atomic mass is 127. The first-order chi connectivity index (χ1) is 11.7. The summed E-state index contributed by atoms with van der Waals surface area (Å²) in [6.45, 7) is 5.73. The van der Waals surface area contributed by atoms with Gasteiger partial charge in [0, 0.05) is 40.3 Å². The molecule has 1 amide bonds. The van der Waals surface area contributed by atoms with E-state index in [1.807, 2.05) is 11.8 Å². The van der Waals surface area contributed by atoms with Gasteiger partial charge in [0.15, 0.2) is 5.96 Å². The SMILES string of the molecule is CCNC(=NCC(=O)N(C)C)N1CCC(CN(CC)CC(F)(F)F)C1.I. The molecule has 1 heterocycles. The van der Waals surface area contributed by atoms with Crippen LogP contribution in [0.2, 0.25) is 0 Å². The minimum Gasteiger partial charge on any atom is -0.357 e. The summed E-state index contributed by atoms with van der Waals surface area (Å²) in [6.07, 6.45) is -3.35. The van der Waals surface area contributed by atoms with Gasteiger partial charge >= 0.3 is 6.18 Å². The number of hydrogen-bond donors (Lipinski definition) is 1. The number of hydrogen-bond acceptors (Lipinski definition) is 3. The van der Waals surface area contributed by atoms with E-state index < -0.39 is 12.7 Å². The molecule has 1 saturated heterocycles. The lowest BCUT2D eigenvalue weighted by molar-refractivity contribution is -0.146. The van der Waals surface area contributed by atoms with Crippen LogP contribution >= 0.6 is 24.0 Å². The lowest BCUT2D eigenvalue weighted by atomic mass is 10.1. The number of guanidine groups is 1. The third-order valence-electron chi connectivity index (χ3n) is 4.15. The van der Waals surface area contributed by atoms with Gasteiger partial charge in [0.2, 0.25) is 5.91 Å². The Bertz CT molecular complexity index is 460. The topological polar surface area (TPSA) is 51.2 Å². The standard InChI is InChI=1S/C16H30F3N5O.HI/c1-5-20-15(21-9-14(25)22(3)4)24-8-7-13(11-24)10-23(6-2)12-16(17,18)19;/h13H,5-12H2,1-4H3,(H,20,21);1H. The number of carbonyl (C=O) groups excluding carboxylic acids is 1. The van der Waals surface area contributed by atoms with Gasteiger partial charge in [-0.25, -0.2) is 4.99 Å². The third-order valence-corrected chi connectivity index (χ3v) is 4.15. The Morgan fingerprint density at radius 2 is 1.96 bits per heavy atom. The Kier molecular flexibility index (Phi) is 11.5. The first kappa shape index (κ1) is 25.2. The molecule has 1 rings (SSSR count). The van der Waals surface area contributed by atoms with Gasteiger partial charge in [0.1, 0.15) is 6.54 Å². The van der Waals surface area contributed by atoms with Gasteiger partial charge in [0.25, 0.3) is 0 Å². The van der Waals surface area contributed by atoms with Crippen LogP contribution in [0, 0.1) is 5.92 Å². The summed E-state index contributed by atoms with van der Waals surface area (Å²) < 4.78 is 37.8. The zero-order valence-corrected chi connectivity index (χ0v) is 18.3. The summed E-state index contributed by atoms with van der Waals surface area (Å²) in [5, 5.41) is 3.16. The predicted molar refractivity (Wildman–Crippen MR) is 108 cm³/mol. The average Bonchev–Trinajstić information content (AvgIpc) is 2.97. The second-order valence-electron chi connectivity index (χ2n) is 6.50. The number of halogens is 4. The van der Waals surface area contributed by atoms with Gasteiger partial charge in [-0.2, -0.15) is 13.2 Å². The van der Waals surface area contributed by atoms with E-state index in [2.05, 4.69) is 10.3 Å². The van der Waals surface area contributed by atoms with Gasteiger partial charge in [0.05, 0.1) is 6.54 Å². The summed E-state index contributed by atoms with van der Waals surface area (Å²) in [5.41, 5.74) is 0. The number of alkyl halides is 3. The highest BCUT2D eigenvalue weighted by Crippen LogP contribution is 2.21. The van der Waals surface area contributed by atoms with Crippen molar-refractivity contribution >= 4 is 35.8 Å². The van der Waals surface area contributed by atoms with E-state index in [-0.39, 0.29) is 42.3 Å². The molecule has 0 aromatic rings. The molecule has 0 bridgehead atoms. The van der Waals surface area contributed by atoms with Gasteiger partial charge in [-0.3, -0.25) is 9.69 Å². The quantitative estimate of drug-likeness (QED) is 0.335. The maximum atomic E-state index is 12.6.